The molecule has 1 aromatic carbocycles. The van der Waals surface area contributed by atoms with Crippen molar-refractivity contribution < 1.29 is 14.7 Å². The van der Waals surface area contributed by atoms with Gasteiger partial charge in [-0.05, 0) is 50.7 Å². The first kappa shape index (κ1) is 23.1. The summed E-state index contributed by atoms with van der Waals surface area (Å²) in [4.78, 5) is 25.1. The maximum atomic E-state index is 11.9. The van der Waals surface area contributed by atoms with Crippen molar-refractivity contribution in [1.82, 2.24) is 4.90 Å². The summed E-state index contributed by atoms with van der Waals surface area (Å²) in [6, 6.07) is 6.62. The van der Waals surface area contributed by atoms with Gasteiger partial charge in [0.2, 0.25) is 11.8 Å². The van der Waals surface area contributed by atoms with Crippen molar-refractivity contribution in [2.24, 2.45) is 5.73 Å². The Labute approximate surface area is 163 Å². The molecule has 0 aliphatic rings. The molecule has 0 radical (unpaired) electrons. The van der Waals surface area contributed by atoms with Crippen molar-refractivity contribution in [1.29, 1.82) is 0 Å². The van der Waals surface area contributed by atoms with Gasteiger partial charge in [0.05, 0.1) is 6.61 Å². The number of carbonyl (C=O) groups is 2. The molecular formula is C21H35N3O3. The van der Waals surface area contributed by atoms with Crippen LogP contribution in [0.25, 0.3) is 0 Å². The van der Waals surface area contributed by atoms with E-state index in [1.807, 2.05) is 7.05 Å². The number of anilines is 1. The Morgan fingerprint density at radius 3 is 2.04 bits per heavy atom. The molecule has 0 saturated carbocycles. The van der Waals surface area contributed by atoms with Crippen LogP contribution in [-0.2, 0) is 4.79 Å². The van der Waals surface area contributed by atoms with E-state index in [1.165, 1.54) is 38.5 Å². The molecule has 0 unspecified atom stereocenters. The highest BCUT2D eigenvalue weighted by Crippen LogP contribution is 2.12. The summed E-state index contributed by atoms with van der Waals surface area (Å²) >= 11 is 0. The summed E-state index contributed by atoms with van der Waals surface area (Å²) in [7, 11) is 2.04. The molecule has 0 heterocycles. The van der Waals surface area contributed by atoms with Gasteiger partial charge in [-0.1, -0.05) is 38.5 Å². The SMILES string of the molecule is CN(CCO)CCCCCCCCCCC(=O)Nc1ccc(C(N)=O)cc1. The first-order valence-electron chi connectivity index (χ1n) is 10.0. The molecule has 2 amide bonds. The minimum atomic E-state index is -0.470. The number of carbonyl (C=O) groups excluding carboxylic acids is 2. The van der Waals surface area contributed by atoms with Crippen LogP contribution < -0.4 is 11.1 Å². The van der Waals surface area contributed by atoms with Gasteiger partial charge in [-0.25, -0.2) is 0 Å². The second-order valence-corrected chi connectivity index (χ2v) is 7.10. The van der Waals surface area contributed by atoms with Gasteiger partial charge < -0.3 is 21.1 Å². The normalized spacial score (nSPS) is 10.9. The number of nitrogens with zero attached hydrogens (tertiary/aromatic N) is 1. The largest absolute Gasteiger partial charge is 0.395 e. The smallest absolute Gasteiger partial charge is 0.248 e. The van der Waals surface area contributed by atoms with Gasteiger partial charge in [-0.15, -0.1) is 0 Å². The molecule has 0 aliphatic heterocycles. The molecule has 6 heteroatoms. The van der Waals surface area contributed by atoms with Crippen LogP contribution >= 0.6 is 0 Å². The fraction of sp³-hybridized carbons (Fsp3) is 0.619. The summed E-state index contributed by atoms with van der Waals surface area (Å²) in [6.45, 7) is 2.04. The monoisotopic (exact) mass is 377 g/mol. The maximum absolute atomic E-state index is 11.9. The molecule has 1 rings (SSSR count). The number of unbranched alkanes of at least 4 members (excludes halogenated alkanes) is 7. The third-order valence-electron chi connectivity index (χ3n) is 4.63. The Morgan fingerprint density at radius 1 is 0.926 bits per heavy atom. The number of nitrogens with one attached hydrogen (secondary N) is 1. The van der Waals surface area contributed by atoms with E-state index in [4.69, 9.17) is 10.8 Å². The summed E-state index contributed by atoms with van der Waals surface area (Å²) in [5, 5.41) is 11.7. The molecule has 1 aromatic rings. The molecular weight excluding hydrogens is 342 g/mol. The molecule has 0 aromatic heterocycles. The molecule has 27 heavy (non-hydrogen) atoms. The minimum absolute atomic E-state index is 0.00817. The lowest BCUT2D eigenvalue weighted by molar-refractivity contribution is -0.116. The molecule has 0 spiro atoms. The Kier molecular flexibility index (Phi) is 12.1. The topological polar surface area (TPSA) is 95.7 Å². The molecule has 4 N–H and O–H groups in total. The van der Waals surface area contributed by atoms with Crippen molar-refractivity contribution in [3.05, 3.63) is 29.8 Å². The number of aliphatic hydroxyl groups excluding tert-OH is 1. The van der Waals surface area contributed by atoms with E-state index < -0.39 is 5.91 Å². The molecule has 0 atom stereocenters. The van der Waals surface area contributed by atoms with Crippen LogP contribution in [0.1, 0.15) is 68.1 Å². The molecule has 152 valence electrons. The molecule has 6 nitrogen and oxygen atoms in total. The van der Waals surface area contributed by atoms with Gasteiger partial charge >= 0.3 is 0 Å². The highest BCUT2D eigenvalue weighted by molar-refractivity contribution is 5.94. The van der Waals surface area contributed by atoms with Crippen LogP contribution in [0, 0.1) is 0 Å². The first-order valence-corrected chi connectivity index (χ1v) is 10.0. The summed E-state index contributed by atoms with van der Waals surface area (Å²) < 4.78 is 0. The Hall–Kier alpha value is -1.92. The average Bonchev–Trinajstić information content (AvgIpc) is 2.64. The zero-order valence-corrected chi connectivity index (χ0v) is 16.6. The second-order valence-electron chi connectivity index (χ2n) is 7.10. The third-order valence-corrected chi connectivity index (χ3v) is 4.63. The van der Waals surface area contributed by atoms with E-state index >= 15 is 0 Å². The van der Waals surface area contributed by atoms with Crippen LogP contribution in [0.2, 0.25) is 0 Å². The number of rotatable bonds is 15. The minimum Gasteiger partial charge on any atom is -0.395 e. The Morgan fingerprint density at radius 2 is 1.48 bits per heavy atom. The van der Waals surface area contributed by atoms with Crippen molar-refractivity contribution in [3.63, 3.8) is 0 Å². The van der Waals surface area contributed by atoms with Crippen molar-refractivity contribution in [2.75, 3.05) is 32.1 Å². The number of hydrogen-bond donors (Lipinski definition) is 3. The lowest BCUT2D eigenvalue weighted by Crippen LogP contribution is -2.23. The predicted octanol–water partition coefficient (Wildman–Crippen LogP) is 3.16. The molecule has 0 fully saturated rings. The van der Waals surface area contributed by atoms with Crippen LogP contribution in [-0.4, -0.2) is 48.6 Å². The lowest BCUT2D eigenvalue weighted by Gasteiger charge is -2.14. The molecule has 0 bridgehead atoms. The quantitative estimate of drug-likeness (QED) is 0.409. The van der Waals surface area contributed by atoms with E-state index in [-0.39, 0.29) is 12.5 Å². The number of amides is 2. The predicted molar refractivity (Wildman–Crippen MR) is 110 cm³/mol. The molecule has 0 aliphatic carbocycles. The highest BCUT2D eigenvalue weighted by atomic mass is 16.3. The number of aliphatic hydroxyl groups is 1. The van der Waals surface area contributed by atoms with E-state index in [1.54, 1.807) is 24.3 Å². The summed E-state index contributed by atoms with van der Waals surface area (Å²) in [6.07, 6.45) is 9.84. The standard InChI is InChI=1S/C21H35N3O3/c1-24(16-17-25)15-9-7-5-3-2-4-6-8-10-20(26)23-19-13-11-18(12-14-19)21(22)27/h11-14,25H,2-10,15-17H2,1H3,(H2,22,27)(H,23,26). The van der Waals surface area contributed by atoms with Crippen LogP contribution in [0.3, 0.4) is 0 Å². The number of likely N-dealkylation sites (N-methyl/N-ethyl adjacent to an activating group) is 1. The van der Waals surface area contributed by atoms with E-state index in [2.05, 4.69) is 10.2 Å². The van der Waals surface area contributed by atoms with E-state index in [0.717, 1.165) is 25.9 Å². The van der Waals surface area contributed by atoms with Gasteiger partial charge in [-0.3, -0.25) is 9.59 Å². The number of benzene rings is 1. The van der Waals surface area contributed by atoms with E-state index in [9.17, 15) is 9.59 Å². The van der Waals surface area contributed by atoms with Crippen LogP contribution in [0.4, 0.5) is 5.69 Å². The second kappa shape index (κ2) is 14.2. The van der Waals surface area contributed by atoms with Crippen LogP contribution in [0.5, 0.6) is 0 Å². The third kappa shape index (κ3) is 11.4. The Bertz CT molecular complexity index is 546. The zero-order chi connectivity index (χ0) is 19.9. The van der Waals surface area contributed by atoms with Crippen molar-refractivity contribution >= 4 is 17.5 Å². The van der Waals surface area contributed by atoms with Crippen molar-refractivity contribution in [2.45, 2.75) is 57.8 Å². The van der Waals surface area contributed by atoms with Gasteiger partial charge in [0.25, 0.3) is 0 Å². The first-order chi connectivity index (χ1) is 13.0. The van der Waals surface area contributed by atoms with Gasteiger partial charge in [0, 0.05) is 24.2 Å². The zero-order valence-electron chi connectivity index (χ0n) is 16.6. The number of nitrogens with two attached hydrogens (primary N) is 1. The van der Waals surface area contributed by atoms with Gasteiger partial charge in [-0.2, -0.15) is 0 Å². The fourth-order valence-electron chi connectivity index (χ4n) is 2.95. The van der Waals surface area contributed by atoms with Gasteiger partial charge in [0.1, 0.15) is 0 Å². The summed E-state index contributed by atoms with van der Waals surface area (Å²) in [5.74, 6) is -0.462. The molecule has 0 saturated heterocycles. The van der Waals surface area contributed by atoms with Gasteiger partial charge in [0.15, 0.2) is 0 Å². The maximum Gasteiger partial charge on any atom is 0.248 e. The van der Waals surface area contributed by atoms with E-state index in [0.29, 0.717) is 17.7 Å². The fourth-order valence-corrected chi connectivity index (χ4v) is 2.95. The number of primary amides is 1. The van der Waals surface area contributed by atoms with Crippen LogP contribution in [0.15, 0.2) is 24.3 Å². The number of hydrogen-bond acceptors (Lipinski definition) is 4. The highest BCUT2D eigenvalue weighted by Gasteiger charge is 2.04. The Balaban J connectivity index is 1.97. The average molecular weight is 378 g/mol. The lowest BCUT2D eigenvalue weighted by atomic mass is 10.1. The summed E-state index contributed by atoms with van der Waals surface area (Å²) in [5.41, 5.74) is 6.32. The van der Waals surface area contributed by atoms with Crippen molar-refractivity contribution in [3.8, 4) is 0 Å².